The molecule has 2 aromatic rings. The summed E-state index contributed by atoms with van der Waals surface area (Å²) >= 11 is 0. The molecular weight excluding hydrogens is 186 g/mol. The van der Waals surface area contributed by atoms with Crippen molar-refractivity contribution < 1.29 is 4.42 Å². The van der Waals surface area contributed by atoms with Crippen LogP contribution in [-0.2, 0) is 6.42 Å². The Balaban J connectivity index is 2.06. The Morgan fingerprint density at radius 2 is 2.13 bits per heavy atom. The standard InChI is InChI=1S/C13H13NO/c1-2-4-12-10(3-1)5-7-14-13(12)11-6-8-15-9-11/h1-4,6,8-9,13-14H,5,7H2/t13-/m0/s1. The molecule has 2 heteroatoms. The lowest BCUT2D eigenvalue weighted by molar-refractivity contribution is 0.537. The second kappa shape index (κ2) is 3.55. The van der Waals surface area contributed by atoms with Gasteiger partial charge in [-0.1, -0.05) is 24.3 Å². The average Bonchev–Trinajstić information content (AvgIpc) is 2.82. The van der Waals surface area contributed by atoms with Crippen molar-refractivity contribution in [3.8, 4) is 0 Å². The molecule has 1 aliphatic heterocycles. The number of nitrogens with one attached hydrogen (secondary N) is 1. The molecule has 0 aliphatic carbocycles. The normalized spacial score (nSPS) is 19.9. The lowest BCUT2D eigenvalue weighted by Gasteiger charge is -2.25. The minimum absolute atomic E-state index is 0.300. The second-order valence-corrected chi connectivity index (χ2v) is 3.89. The van der Waals surface area contributed by atoms with Crippen molar-refractivity contribution in [2.24, 2.45) is 0 Å². The molecule has 1 atom stereocenters. The van der Waals surface area contributed by atoms with Gasteiger partial charge >= 0.3 is 0 Å². The number of fused-ring (bicyclic) bond motifs is 1. The minimum Gasteiger partial charge on any atom is -0.472 e. The van der Waals surface area contributed by atoms with E-state index in [1.165, 1.54) is 16.7 Å². The van der Waals surface area contributed by atoms with E-state index in [-0.39, 0.29) is 0 Å². The largest absolute Gasteiger partial charge is 0.472 e. The van der Waals surface area contributed by atoms with Gasteiger partial charge in [0.15, 0.2) is 0 Å². The maximum absolute atomic E-state index is 5.14. The van der Waals surface area contributed by atoms with Crippen molar-refractivity contribution in [3.63, 3.8) is 0 Å². The van der Waals surface area contributed by atoms with E-state index in [2.05, 4.69) is 29.6 Å². The summed E-state index contributed by atoms with van der Waals surface area (Å²) in [4.78, 5) is 0. The fraction of sp³-hybridized carbons (Fsp3) is 0.231. The molecular formula is C13H13NO. The molecule has 0 fully saturated rings. The van der Waals surface area contributed by atoms with Crippen LogP contribution in [-0.4, -0.2) is 6.54 Å². The zero-order valence-electron chi connectivity index (χ0n) is 8.44. The molecule has 1 aromatic heterocycles. The number of rotatable bonds is 1. The Morgan fingerprint density at radius 1 is 1.20 bits per heavy atom. The van der Waals surface area contributed by atoms with E-state index < -0.39 is 0 Å². The highest BCUT2D eigenvalue weighted by Gasteiger charge is 2.20. The molecule has 0 unspecified atom stereocenters. The predicted octanol–water partition coefficient (Wildman–Crippen LogP) is 2.51. The quantitative estimate of drug-likeness (QED) is 0.763. The molecule has 1 N–H and O–H groups in total. The maximum Gasteiger partial charge on any atom is 0.0953 e. The molecule has 2 heterocycles. The van der Waals surface area contributed by atoms with Crippen LogP contribution in [0, 0.1) is 0 Å². The van der Waals surface area contributed by atoms with E-state index in [1.54, 1.807) is 6.26 Å². The van der Waals surface area contributed by atoms with Gasteiger partial charge < -0.3 is 9.73 Å². The molecule has 0 saturated carbocycles. The van der Waals surface area contributed by atoms with Crippen LogP contribution in [0.1, 0.15) is 22.7 Å². The van der Waals surface area contributed by atoms with Gasteiger partial charge in [0.25, 0.3) is 0 Å². The minimum atomic E-state index is 0.300. The lowest BCUT2D eigenvalue weighted by atomic mass is 9.91. The maximum atomic E-state index is 5.14. The summed E-state index contributed by atoms with van der Waals surface area (Å²) in [5, 5.41) is 3.52. The van der Waals surface area contributed by atoms with Crippen LogP contribution in [0.25, 0.3) is 0 Å². The number of hydrogen-bond donors (Lipinski definition) is 1. The van der Waals surface area contributed by atoms with Gasteiger partial charge in [0, 0.05) is 12.1 Å². The first-order valence-corrected chi connectivity index (χ1v) is 5.28. The molecule has 0 saturated heterocycles. The molecule has 76 valence electrons. The van der Waals surface area contributed by atoms with Gasteiger partial charge in [0.1, 0.15) is 0 Å². The first-order valence-electron chi connectivity index (χ1n) is 5.28. The third-order valence-electron chi connectivity index (χ3n) is 2.99. The van der Waals surface area contributed by atoms with Crippen LogP contribution in [0.3, 0.4) is 0 Å². The molecule has 0 radical (unpaired) electrons. The van der Waals surface area contributed by atoms with E-state index in [4.69, 9.17) is 4.42 Å². The molecule has 2 nitrogen and oxygen atoms in total. The first kappa shape index (κ1) is 8.74. The van der Waals surface area contributed by atoms with Crippen LogP contribution in [0.2, 0.25) is 0 Å². The van der Waals surface area contributed by atoms with Crippen molar-refractivity contribution in [2.45, 2.75) is 12.5 Å². The molecule has 3 rings (SSSR count). The van der Waals surface area contributed by atoms with Crippen LogP contribution in [0.4, 0.5) is 0 Å². The van der Waals surface area contributed by atoms with E-state index in [9.17, 15) is 0 Å². The average molecular weight is 199 g/mol. The molecule has 15 heavy (non-hydrogen) atoms. The van der Waals surface area contributed by atoms with Crippen LogP contribution < -0.4 is 5.32 Å². The van der Waals surface area contributed by atoms with E-state index in [0.29, 0.717) is 6.04 Å². The Labute approximate surface area is 88.9 Å². The molecule has 1 aliphatic rings. The van der Waals surface area contributed by atoms with Gasteiger partial charge in [0.05, 0.1) is 18.6 Å². The third kappa shape index (κ3) is 1.47. The van der Waals surface area contributed by atoms with E-state index >= 15 is 0 Å². The number of furan rings is 1. The van der Waals surface area contributed by atoms with E-state index in [1.807, 2.05) is 12.3 Å². The van der Waals surface area contributed by atoms with Crippen LogP contribution in [0.5, 0.6) is 0 Å². The smallest absolute Gasteiger partial charge is 0.0953 e. The summed E-state index contributed by atoms with van der Waals surface area (Å²) in [7, 11) is 0. The van der Waals surface area contributed by atoms with Crippen molar-refractivity contribution in [2.75, 3.05) is 6.54 Å². The van der Waals surface area contributed by atoms with Crippen LogP contribution in [0.15, 0.2) is 47.3 Å². The molecule has 1 aromatic carbocycles. The summed E-state index contributed by atoms with van der Waals surface area (Å²) in [6, 6.07) is 10.9. The van der Waals surface area contributed by atoms with Gasteiger partial charge in [-0.05, 0) is 23.6 Å². The van der Waals surface area contributed by atoms with Crippen molar-refractivity contribution >= 4 is 0 Å². The Kier molecular flexibility index (Phi) is 2.07. The molecule has 0 bridgehead atoms. The fourth-order valence-electron chi connectivity index (χ4n) is 2.24. The summed E-state index contributed by atoms with van der Waals surface area (Å²) in [6.45, 7) is 1.03. The van der Waals surface area contributed by atoms with Crippen molar-refractivity contribution in [1.82, 2.24) is 5.32 Å². The summed E-state index contributed by atoms with van der Waals surface area (Å²) < 4.78 is 5.14. The highest BCUT2D eigenvalue weighted by Crippen LogP contribution is 2.28. The predicted molar refractivity (Wildman–Crippen MR) is 58.7 cm³/mol. The summed E-state index contributed by atoms with van der Waals surface area (Å²) in [5.41, 5.74) is 4.04. The Hall–Kier alpha value is -1.54. The van der Waals surface area contributed by atoms with Gasteiger partial charge in [0.2, 0.25) is 0 Å². The second-order valence-electron chi connectivity index (χ2n) is 3.89. The Morgan fingerprint density at radius 3 is 3.00 bits per heavy atom. The lowest BCUT2D eigenvalue weighted by Crippen LogP contribution is -2.30. The monoisotopic (exact) mass is 199 g/mol. The highest BCUT2D eigenvalue weighted by molar-refractivity contribution is 5.38. The van der Waals surface area contributed by atoms with Crippen molar-refractivity contribution in [1.29, 1.82) is 0 Å². The van der Waals surface area contributed by atoms with Gasteiger partial charge in [-0.25, -0.2) is 0 Å². The Bertz CT molecular complexity index is 447. The van der Waals surface area contributed by atoms with Crippen molar-refractivity contribution in [3.05, 3.63) is 59.5 Å². The van der Waals surface area contributed by atoms with E-state index in [0.717, 1.165) is 13.0 Å². The summed E-state index contributed by atoms with van der Waals surface area (Å²) in [5.74, 6) is 0. The summed E-state index contributed by atoms with van der Waals surface area (Å²) in [6.07, 6.45) is 4.67. The fourth-order valence-corrected chi connectivity index (χ4v) is 2.24. The highest BCUT2D eigenvalue weighted by atomic mass is 16.3. The number of benzene rings is 1. The molecule has 0 amide bonds. The third-order valence-corrected chi connectivity index (χ3v) is 2.99. The zero-order valence-corrected chi connectivity index (χ0v) is 8.44. The molecule has 0 spiro atoms. The van der Waals surface area contributed by atoms with Crippen LogP contribution >= 0.6 is 0 Å². The number of hydrogen-bond acceptors (Lipinski definition) is 2. The topological polar surface area (TPSA) is 25.2 Å². The van der Waals surface area contributed by atoms with Gasteiger partial charge in [-0.2, -0.15) is 0 Å². The first-order chi connectivity index (χ1) is 7.45. The van der Waals surface area contributed by atoms with Gasteiger partial charge in [-0.15, -0.1) is 0 Å². The SMILES string of the molecule is c1ccc2c(c1)CCN[C@H]2c1ccoc1. The van der Waals surface area contributed by atoms with Gasteiger partial charge in [-0.3, -0.25) is 0 Å². The zero-order chi connectivity index (χ0) is 10.1.